The van der Waals surface area contributed by atoms with Gasteiger partial charge in [-0.2, -0.15) is 0 Å². The van der Waals surface area contributed by atoms with E-state index in [4.69, 9.17) is 0 Å². The normalized spacial score (nSPS) is 18.2. The van der Waals surface area contributed by atoms with Gasteiger partial charge in [-0.15, -0.1) is 0 Å². The van der Waals surface area contributed by atoms with Crippen molar-refractivity contribution >= 4 is 5.91 Å². The number of hydrogen-bond donors (Lipinski definition) is 2. The van der Waals surface area contributed by atoms with Crippen LogP contribution in [0, 0.1) is 17.6 Å². The van der Waals surface area contributed by atoms with Gasteiger partial charge in [0.05, 0.1) is 0 Å². The minimum absolute atomic E-state index is 0.0197. The van der Waals surface area contributed by atoms with Gasteiger partial charge in [0.25, 0.3) is 0 Å². The molecule has 1 aliphatic heterocycles. The molecule has 2 N–H and O–H groups in total. The number of carbonyl (C=O) groups excluding carboxylic acids is 1. The van der Waals surface area contributed by atoms with E-state index < -0.39 is 11.6 Å². The Labute approximate surface area is 117 Å². The highest BCUT2D eigenvalue weighted by Gasteiger charge is 2.15. The first kappa shape index (κ1) is 14.9. The summed E-state index contributed by atoms with van der Waals surface area (Å²) in [7, 11) is 0. The second-order valence-electron chi connectivity index (χ2n) is 5.21. The molecule has 3 nitrogen and oxygen atoms in total. The summed E-state index contributed by atoms with van der Waals surface area (Å²) in [4.78, 5) is 11.6. The molecule has 1 heterocycles. The van der Waals surface area contributed by atoms with E-state index in [9.17, 15) is 13.6 Å². The minimum atomic E-state index is -0.845. The number of carbonyl (C=O) groups is 1. The van der Waals surface area contributed by atoms with Crippen LogP contribution >= 0.6 is 0 Å². The van der Waals surface area contributed by atoms with Gasteiger partial charge in [-0.25, -0.2) is 8.78 Å². The second-order valence-corrected chi connectivity index (χ2v) is 5.21. The number of benzene rings is 1. The molecule has 0 aromatic heterocycles. The van der Waals surface area contributed by atoms with Crippen molar-refractivity contribution in [1.82, 2.24) is 10.6 Å². The number of amides is 1. The molecule has 2 rings (SSSR count). The summed E-state index contributed by atoms with van der Waals surface area (Å²) in [6.07, 6.45) is 2.81. The van der Waals surface area contributed by atoms with Gasteiger partial charge in [-0.05, 0) is 49.9 Å². The highest BCUT2D eigenvalue weighted by atomic mass is 19.2. The molecule has 0 aliphatic carbocycles. The van der Waals surface area contributed by atoms with E-state index in [-0.39, 0.29) is 5.91 Å². The van der Waals surface area contributed by atoms with Gasteiger partial charge in [-0.3, -0.25) is 4.79 Å². The fourth-order valence-corrected chi connectivity index (χ4v) is 2.46. The Morgan fingerprint density at radius 2 is 2.25 bits per heavy atom. The first-order chi connectivity index (χ1) is 9.66. The van der Waals surface area contributed by atoms with Crippen LogP contribution < -0.4 is 10.6 Å². The molecule has 0 bridgehead atoms. The third-order valence-electron chi connectivity index (χ3n) is 3.69. The molecule has 1 aliphatic rings. The van der Waals surface area contributed by atoms with Crippen molar-refractivity contribution in [2.75, 3.05) is 19.6 Å². The predicted molar refractivity (Wildman–Crippen MR) is 73.3 cm³/mol. The quantitative estimate of drug-likeness (QED) is 0.838. The summed E-state index contributed by atoms with van der Waals surface area (Å²) in [6, 6.07) is 4.10. The SMILES string of the molecule is O=C(CCC1CCNC1)NCCc1cccc(F)c1F. The lowest BCUT2D eigenvalue weighted by molar-refractivity contribution is -0.121. The van der Waals surface area contributed by atoms with E-state index >= 15 is 0 Å². The number of halogens is 2. The van der Waals surface area contributed by atoms with Crippen molar-refractivity contribution in [3.63, 3.8) is 0 Å². The first-order valence-corrected chi connectivity index (χ1v) is 7.07. The van der Waals surface area contributed by atoms with E-state index in [0.717, 1.165) is 32.0 Å². The molecular weight excluding hydrogens is 262 g/mol. The van der Waals surface area contributed by atoms with E-state index in [1.807, 2.05) is 0 Å². The maximum absolute atomic E-state index is 13.4. The molecule has 20 heavy (non-hydrogen) atoms. The van der Waals surface area contributed by atoms with Crippen molar-refractivity contribution in [2.45, 2.75) is 25.7 Å². The van der Waals surface area contributed by atoms with E-state index in [1.165, 1.54) is 12.1 Å². The molecule has 1 fully saturated rings. The van der Waals surface area contributed by atoms with Crippen LogP contribution in [0.4, 0.5) is 8.78 Å². The van der Waals surface area contributed by atoms with Gasteiger partial charge in [0, 0.05) is 13.0 Å². The topological polar surface area (TPSA) is 41.1 Å². The van der Waals surface area contributed by atoms with Gasteiger partial charge in [-0.1, -0.05) is 12.1 Å². The van der Waals surface area contributed by atoms with E-state index in [0.29, 0.717) is 30.9 Å². The van der Waals surface area contributed by atoms with Crippen LogP contribution in [-0.4, -0.2) is 25.5 Å². The average Bonchev–Trinajstić information content (AvgIpc) is 2.94. The Bertz CT molecular complexity index is 459. The summed E-state index contributed by atoms with van der Waals surface area (Å²) < 4.78 is 26.4. The molecule has 1 unspecified atom stereocenters. The maximum atomic E-state index is 13.4. The Hall–Kier alpha value is -1.49. The van der Waals surface area contributed by atoms with Gasteiger partial charge in [0.15, 0.2) is 11.6 Å². The Morgan fingerprint density at radius 1 is 1.40 bits per heavy atom. The molecule has 1 amide bonds. The lowest BCUT2D eigenvalue weighted by atomic mass is 10.0. The highest BCUT2D eigenvalue weighted by Crippen LogP contribution is 2.14. The van der Waals surface area contributed by atoms with Gasteiger partial charge >= 0.3 is 0 Å². The first-order valence-electron chi connectivity index (χ1n) is 7.07. The van der Waals surface area contributed by atoms with Crippen molar-refractivity contribution in [1.29, 1.82) is 0 Å². The molecule has 0 radical (unpaired) electrons. The fourth-order valence-electron chi connectivity index (χ4n) is 2.46. The zero-order valence-corrected chi connectivity index (χ0v) is 11.4. The largest absolute Gasteiger partial charge is 0.356 e. The summed E-state index contributed by atoms with van der Waals surface area (Å²) >= 11 is 0. The second kappa shape index (κ2) is 7.33. The van der Waals surface area contributed by atoms with Crippen LogP contribution in [0.3, 0.4) is 0 Å². The molecular formula is C15H20F2N2O. The van der Waals surface area contributed by atoms with Crippen LogP contribution in [-0.2, 0) is 11.2 Å². The smallest absolute Gasteiger partial charge is 0.220 e. The summed E-state index contributed by atoms with van der Waals surface area (Å²) in [5.74, 6) is -1.10. The molecule has 1 aromatic rings. The van der Waals surface area contributed by atoms with E-state index in [1.54, 1.807) is 0 Å². The third-order valence-corrected chi connectivity index (χ3v) is 3.69. The van der Waals surface area contributed by atoms with Crippen LogP contribution in [0.25, 0.3) is 0 Å². The van der Waals surface area contributed by atoms with Gasteiger partial charge in [0.2, 0.25) is 5.91 Å². The fraction of sp³-hybridized carbons (Fsp3) is 0.533. The predicted octanol–water partition coefficient (Wildman–Crippen LogP) is 2.01. The number of nitrogens with one attached hydrogen (secondary N) is 2. The standard InChI is InChI=1S/C15H20F2N2O/c16-13-3-1-2-12(15(13)17)7-9-19-14(20)5-4-11-6-8-18-10-11/h1-3,11,18H,4-10H2,(H,19,20). The maximum Gasteiger partial charge on any atom is 0.220 e. The van der Waals surface area contributed by atoms with Crippen LogP contribution in [0.2, 0.25) is 0 Å². The monoisotopic (exact) mass is 282 g/mol. The van der Waals surface area contributed by atoms with Crippen LogP contribution in [0.5, 0.6) is 0 Å². The summed E-state index contributed by atoms with van der Waals surface area (Å²) in [5.41, 5.74) is 0.297. The average molecular weight is 282 g/mol. The molecule has 0 saturated carbocycles. The van der Waals surface area contributed by atoms with Crippen LogP contribution in [0.15, 0.2) is 18.2 Å². The Kier molecular flexibility index (Phi) is 5.47. The van der Waals surface area contributed by atoms with Crippen molar-refractivity contribution in [3.8, 4) is 0 Å². The van der Waals surface area contributed by atoms with Gasteiger partial charge < -0.3 is 10.6 Å². The Balaban J connectivity index is 1.67. The zero-order valence-electron chi connectivity index (χ0n) is 11.4. The van der Waals surface area contributed by atoms with Crippen LogP contribution in [0.1, 0.15) is 24.8 Å². The third kappa shape index (κ3) is 4.27. The molecule has 5 heteroatoms. The molecule has 1 saturated heterocycles. The van der Waals surface area contributed by atoms with E-state index in [2.05, 4.69) is 10.6 Å². The van der Waals surface area contributed by atoms with Crippen molar-refractivity contribution in [2.24, 2.45) is 5.92 Å². The summed E-state index contributed by atoms with van der Waals surface area (Å²) in [5, 5.41) is 6.02. The summed E-state index contributed by atoms with van der Waals surface area (Å²) in [6.45, 7) is 2.36. The van der Waals surface area contributed by atoms with Crippen molar-refractivity contribution in [3.05, 3.63) is 35.4 Å². The molecule has 1 aromatic carbocycles. The number of rotatable bonds is 6. The molecule has 110 valence electrons. The van der Waals surface area contributed by atoms with Gasteiger partial charge in [0.1, 0.15) is 0 Å². The number of hydrogen-bond acceptors (Lipinski definition) is 2. The highest BCUT2D eigenvalue weighted by molar-refractivity contribution is 5.75. The lowest BCUT2D eigenvalue weighted by Gasteiger charge is -2.09. The molecule has 1 atom stereocenters. The molecule has 0 spiro atoms. The lowest BCUT2D eigenvalue weighted by Crippen LogP contribution is -2.26. The Morgan fingerprint density at radius 3 is 3.00 bits per heavy atom. The zero-order chi connectivity index (χ0) is 14.4. The van der Waals surface area contributed by atoms with Crippen molar-refractivity contribution < 1.29 is 13.6 Å². The minimum Gasteiger partial charge on any atom is -0.356 e.